The molecule has 1 saturated heterocycles. The highest BCUT2D eigenvalue weighted by molar-refractivity contribution is 6.05. The molecule has 1 N–H and O–H groups in total. The Morgan fingerprint density at radius 1 is 1.07 bits per heavy atom. The zero-order valence-electron chi connectivity index (χ0n) is 16.0. The third-order valence-corrected chi connectivity index (χ3v) is 5.57. The normalized spacial score (nSPS) is 17.0. The number of piperidine rings is 1. The van der Waals surface area contributed by atoms with Crippen LogP contribution in [0.4, 0.5) is 5.82 Å². The van der Waals surface area contributed by atoms with Gasteiger partial charge in [0.25, 0.3) is 5.91 Å². The molecule has 0 spiro atoms. The molecule has 1 aliphatic rings. The van der Waals surface area contributed by atoms with E-state index in [1.54, 1.807) is 6.33 Å². The van der Waals surface area contributed by atoms with Gasteiger partial charge in [-0.1, -0.05) is 30.3 Å². The molecule has 3 heterocycles. The van der Waals surface area contributed by atoms with Gasteiger partial charge in [0.05, 0.1) is 0 Å². The van der Waals surface area contributed by atoms with Crippen LogP contribution in [-0.4, -0.2) is 35.0 Å². The van der Waals surface area contributed by atoms with Crippen molar-refractivity contribution in [1.82, 2.24) is 15.3 Å². The Labute approximate surface area is 168 Å². The molecule has 6 nitrogen and oxygen atoms in total. The van der Waals surface area contributed by atoms with Crippen LogP contribution in [0.15, 0.2) is 65.3 Å². The van der Waals surface area contributed by atoms with E-state index in [0.29, 0.717) is 12.1 Å². The molecule has 1 amide bonds. The lowest BCUT2D eigenvalue weighted by molar-refractivity contribution is 0.0949. The van der Waals surface area contributed by atoms with Gasteiger partial charge in [-0.05, 0) is 43.5 Å². The third-order valence-electron chi connectivity index (χ3n) is 5.57. The van der Waals surface area contributed by atoms with Crippen molar-refractivity contribution in [2.45, 2.75) is 25.3 Å². The number of anilines is 1. The first-order valence-electron chi connectivity index (χ1n) is 10.0. The molecule has 2 aromatic heterocycles. The van der Waals surface area contributed by atoms with Crippen molar-refractivity contribution in [2.75, 3.05) is 18.0 Å². The SMILES string of the molecule is O=C(NC[C@H]1CCCCN1c1ncnc2c1oc1ccccc12)c1ccccc1. The van der Waals surface area contributed by atoms with Crippen molar-refractivity contribution in [3.05, 3.63) is 66.5 Å². The van der Waals surface area contributed by atoms with Crippen LogP contribution in [0.5, 0.6) is 0 Å². The van der Waals surface area contributed by atoms with Gasteiger partial charge >= 0.3 is 0 Å². The maximum Gasteiger partial charge on any atom is 0.251 e. The molecule has 0 unspecified atom stereocenters. The summed E-state index contributed by atoms with van der Waals surface area (Å²) in [4.78, 5) is 23.8. The van der Waals surface area contributed by atoms with Crippen molar-refractivity contribution in [1.29, 1.82) is 0 Å². The molecule has 4 aromatic rings. The second kappa shape index (κ2) is 7.54. The average molecular weight is 386 g/mol. The molecule has 2 aromatic carbocycles. The number of carbonyl (C=O) groups is 1. The molecule has 29 heavy (non-hydrogen) atoms. The first-order chi connectivity index (χ1) is 14.3. The molecule has 5 rings (SSSR count). The molecule has 0 aliphatic carbocycles. The minimum absolute atomic E-state index is 0.0484. The lowest BCUT2D eigenvalue weighted by atomic mass is 10.0. The standard InChI is InChI=1S/C23H22N4O2/c28-23(16-8-2-1-3-9-16)24-14-17-10-6-7-13-27(17)22-21-20(25-15-26-22)18-11-4-5-12-19(18)29-21/h1-5,8-9,11-12,15,17H,6-7,10,13-14H2,(H,24,28)/t17-/m1/s1. The highest BCUT2D eigenvalue weighted by Crippen LogP contribution is 2.34. The summed E-state index contributed by atoms with van der Waals surface area (Å²) in [5.74, 6) is 0.762. The monoisotopic (exact) mass is 386 g/mol. The van der Waals surface area contributed by atoms with Gasteiger partial charge in [0.1, 0.15) is 17.4 Å². The molecule has 0 radical (unpaired) electrons. The minimum atomic E-state index is -0.0484. The smallest absolute Gasteiger partial charge is 0.251 e. The Kier molecular flexibility index (Phi) is 4.60. The number of nitrogens with zero attached hydrogens (tertiary/aromatic N) is 3. The zero-order chi connectivity index (χ0) is 19.6. The van der Waals surface area contributed by atoms with Gasteiger partial charge in [0.15, 0.2) is 11.4 Å². The van der Waals surface area contributed by atoms with E-state index in [0.717, 1.165) is 53.7 Å². The molecule has 1 fully saturated rings. The van der Waals surface area contributed by atoms with E-state index < -0.39 is 0 Å². The van der Waals surface area contributed by atoms with Gasteiger partial charge in [-0.15, -0.1) is 0 Å². The predicted octanol–water partition coefficient (Wildman–Crippen LogP) is 4.16. The summed E-state index contributed by atoms with van der Waals surface area (Å²) < 4.78 is 6.13. The van der Waals surface area contributed by atoms with E-state index in [1.807, 2.05) is 54.6 Å². The minimum Gasteiger partial charge on any atom is -0.450 e. The Morgan fingerprint density at radius 2 is 1.90 bits per heavy atom. The Morgan fingerprint density at radius 3 is 2.79 bits per heavy atom. The predicted molar refractivity (Wildman–Crippen MR) is 113 cm³/mol. The molecule has 146 valence electrons. The van der Waals surface area contributed by atoms with E-state index >= 15 is 0 Å². The molecule has 0 saturated carbocycles. The summed E-state index contributed by atoms with van der Waals surface area (Å²) >= 11 is 0. The van der Waals surface area contributed by atoms with Crippen molar-refractivity contribution < 1.29 is 9.21 Å². The number of para-hydroxylation sites is 1. The van der Waals surface area contributed by atoms with Crippen LogP contribution in [0, 0.1) is 0 Å². The Bertz CT molecular complexity index is 1160. The number of carbonyl (C=O) groups excluding carboxylic acids is 1. The summed E-state index contributed by atoms with van der Waals surface area (Å²) in [7, 11) is 0. The molecular formula is C23H22N4O2. The average Bonchev–Trinajstić information content (AvgIpc) is 3.17. The Balaban J connectivity index is 1.43. The van der Waals surface area contributed by atoms with Crippen molar-refractivity contribution in [2.24, 2.45) is 0 Å². The van der Waals surface area contributed by atoms with E-state index in [-0.39, 0.29) is 11.9 Å². The van der Waals surface area contributed by atoms with Crippen LogP contribution in [-0.2, 0) is 0 Å². The third kappa shape index (κ3) is 3.31. The number of fused-ring (bicyclic) bond motifs is 3. The van der Waals surface area contributed by atoms with Crippen LogP contribution in [0.1, 0.15) is 29.6 Å². The van der Waals surface area contributed by atoms with Crippen LogP contribution in [0.25, 0.3) is 22.1 Å². The van der Waals surface area contributed by atoms with Crippen molar-refractivity contribution in [3.63, 3.8) is 0 Å². The van der Waals surface area contributed by atoms with Crippen LogP contribution < -0.4 is 10.2 Å². The number of nitrogens with one attached hydrogen (secondary N) is 1. The van der Waals surface area contributed by atoms with Gasteiger partial charge in [-0.25, -0.2) is 9.97 Å². The zero-order valence-corrected chi connectivity index (χ0v) is 16.0. The summed E-state index contributed by atoms with van der Waals surface area (Å²) in [5.41, 5.74) is 3.05. The summed E-state index contributed by atoms with van der Waals surface area (Å²) in [6.45, 7) is 1.45. The number of rotatable bonds is 4. The van der Waals surface area contributed by atoms with Gasteiger partial charge in [0.2, 0.25) is 0 Å². The lowest BCUT2D eigenvalue weighted by Crippen LogP contribution is -2.47. The van der Waals surface area contributed by atoms with Crippen LogP contribution >= 0.6 is 0 Å². The van der Waals surface area contributed by atoms with E-state index in [2.05, 4.69) is 20.2 Å². The summed E-state index contributed by atoms with van der Waals surface area (Å²) in [5, 5.41) is 4.09. The van der Waals surface area contributed by atoms with Gasteiger partial charge in [-0.3, -0.25) is 4.79 Å². The fourth-order valence-electron chi connectivity index (χ4n) is 4.11. The number of furan rings is 1. The summed E-state index contributed by atoms with van der Waals surface area (Å²) in [6, 6.07) is 17.4. The van der Waals surface area contributed by atoms with Gasteiger partial charge in [-0.2, -0.15) is 0 Å². The number of hydrogen-bond donors (Lipinski definition) is 1. The second-order valence-corrected chi connectivity index (χ2v) is 7.39. The van der Waals surface area contributed by atoms with Crippen molar-refractivity contribution in [3.8, 4) is 0 Å². The highest BCUT2D eigenvalue weighted by atomic mass is 16.3. The lowest BCUT2D eigenvalue weighted by Gasteiger charge is -2.36. The van der Waals surface area contributed by atoms with Crippen molar-refractivity contribution >= 4 is 33.8 Å². The maximum atomic E-state index is 12.5. The number of benzene rings is 2. The first kappa shape index (κ1) is 17.7. The number of aromatic nitrogens is 2. The largest absolute Gasteiger partial charge is 0.450 e. The number of amides is 1. The topological polar surface area (TPSA) is 71.3 Å². The molecule has 0 bridgehead atoms. The number of hydrogen-bond acceptors (Lipinski definition) is 5. The highest BCUT2D eigenvalue weighted by Gasteiger charge is 2.27. The van der Waals surface area contributed by atoms with E-state index in [1.165, 1.54) is 0 Å². The van der Waals surface area contributed by atoms with E-state index in [9.17, 15) is 4.79 Å². The van der Waals surface area contributed by atoms with Gasteiger partial charge in [0, 0.05) is 30.1 Å². The quantitative estimate of drug-likeness (QED) is 0.570. The van der Waals surface area contributed by atoms with E-state index in [4.69, 9.17) is 4.42 Å². The molecular weight excluding hydrogens is 364 g/mol. The van der Waals surface area contributed by atoms with Crippen LogP contribution in [0.2, 0.25) is 0 Å². The first-order valence-corrected chi connectivity index (χ1v) is 10.0. The fourth-order valence-corrected chi connectivity index (χ4v) is 4.11. The molecule has 6 heteroatoms. The Hall–Kier alpha value is -3.41. The summed E-state index contributed by atoms with van der Waals surface area (Å²) in [6.07, 6.45) is 4.83. The maximum absolute atomic E-state index is 12.5. The molecule has 1 atom stereocenters. The molecule has 1 aliphatic heterocycles. The van der Waals surface area contributed by atoms with Crippen LogP contribution in [0.3, 0.4) is 0 Å². The second-order valence-electron chi connectivity index (χ2n) is 7.39. The van der Waals surface area contributed by atoms with Gasteiger partial charge < -0.3 is 14.6 Å². The fraction of sp³-hybridized carbons (Fsp3) is 0.261.